The molecule has 0 aliphatic rings. The van der Waals surface area contributed by atoms with E-state index in [4.69, 9.17) is 0 Å². The van der Waals surface area contributed by atoms with Crippen LogP contribution in [0.2, 0.25) is 0 Å². The van der Waals surface area contributed by atoms with Gasteiger partial charge in [0.05, 0.1) is 52.0 Å². The molecule has 0 aliphatic heterocycles. The van der Waals surface area contributed by atoms with Gasteiger partial charge in [-0.05, 0) is 0 Å². The molecule has 2 unspecified atom stereocenters. The second kappa shape index (κ2) is 29.2. The number of ether oxygens (including phenoxy) is 9. The summed E-state index contributed by atoms with van der Waals surface area (Å²) < 4.78 is 464. The van der Waals surface area contributed by atoms with E-state index in [-0.39, 0.29) is 29.6 Å². The molecular formula is C33H31F30NaO15S. The molecule has 0 aromatic heterocycles. The number of carbonyl (C=O) groups excluding carboxylic acids is 3. The van der Waals surface area contributed by atoms with E-state index in [1.807, 2.05) is 0 Å². The smallest absolute Gasteiger partial charge is 0.747 e. The summed E-state index contributed by atoms with van der Waals surface area (Å²) in [6, 6.07) is 0. The predicted molar refractivity (Wildman–Crippen MR) is 182 cm³/mol. The van der Waals surface area contributed by atoms with Crippen molar-refractivity contribution in [3.05, 3.63) is 0 Å². The molecule has 47 heteroatoms. The van der Waals surface area contributed by atoms with Crippen molar-refractivity contribution in [1.82, 2.24) is 0 Å². The molecule has 0 saturated heterocycles. The van der Waals surface area contributed by atoms with Crippen molar-refractivity contribution in [2.45, 2.75) is 103 Å². The molecule has 0 aliphatic carbocycles. The molecule has 0 N–H and O–H groups in total. The van der Waals surface area contributed by atoms with E-state index < -0.39 is 216 Å². The van der Waals surface area contributed by atoms with Crippen LogP contribution in [0.1, 0.15) is 6.42 Å². The number of esters is 3. The van der Waals surface area contributed by atoms with Crippen LogP contribution < -0.4 is 29.6 Å². The van der Waals surface area contributed by atoms with Crippen LogP contribution in [-0.4, -0.2) is 206 Å². The van der Waals surface area contributed by atoms with E-state index in [1.165, 1.54) is 0 Å². The normalized spacial score (nSPS) is 15.3. The summed E-state index contributed by atoms with van der Waals surface area (Å²) in [5, 5.41) is -4.42. The zero-order chi connectivity index (χ0) is 62.7. The van der Waals surface area contributed by atoms with Gasteiger partial charge in [-0.2, -0.15) is 132 Å². The molecule has 0 bridgehead atoms. The number of carbonyl (C=O) groups is 3. The maximum atomic E-state index is 13.5. The Bertz CT molecular complexity index is 1950. The minimum atomic E-state index is -7.18. The maximum Gasteiger partial charge on any atom is 1.00 e. The Balaban J connectivity index is 0. The van der Waals surface area contributed by atoms with Crippen LogP contribution in [-0.2, 0) is 67.1 Å². The first-order chi connectivity index (χ1) is 34.9. The fraction of sp³-hybridized carbons (Fsp3) is 0.909. The summed E-state index contributed by atoms with van der Waals surface area (Å²) in [7, 11) is -7.18. The van der Waals surface area contributed by atoms with Gasteiger partial charge in [0.1, 0.15) is 68.1 Å². The molecule has 0 fully saturated rings. The average molecular weight is 1290 g/mol. The van der Waals surface area contributed by atoms with Crippen LogP contribution in [0.25, 0.3) is 0 Å². The summed E-state index contributed by atoms with van der Waals surface area (Å²) in [5.74, 6) is -48.9. The Kier molecular flexibility index (Phi) is 28.8. The van der Waals surface area contributed by atoms with Gasteiger partial charge in [-0.25, -0.2) is 8.42 Å². The summed E-state index contributed by atoms with van der Waals surface area (Å²) >= 11 is 0. The first kappa shape index (κ1) is 79.0. The minimum absolute atomic E-state index is 0. The molecule has 0 heterocycles. The Morgan fingerprint density at radius 3 is 0.713 bits per heavy atom. The molecule has 2 atom stereocenters. The van der Waals surface area contributed by atoms with Crippen LogP contribution in [0.15, 0.2) is 0 Å². The molecule has 0 spiro atoms. The van der Waals surface area contributed by atoms with Gasteiger partial charge in [0.15, 0.2) is 5.25 Å². The van der Waals surface area contributed by atoms with Crippen molar-refractivity contribution in [3.8, 4) is 0 Å². The third-order valence-corrected chi connectivity index (χ3v) is 9.62. The zero-order valence-electron chi connectivity index (χ0n) is 38.5. The van der Waals surface area contributed by atoms with Gasteiger partial charge in [-0.15, -0.1) is 0 Å². The molecule has 0 radical (unpaired) electrons. The van der Waals surface area contributed by atoms with Gasteiger partial charge in [0.25, 0.3) is 0 Å². The topological polar surface area (TPSA) is 191 Å². The van der Waals surface area contributed by atoms with Crippen molar-refractivity contribution < 1.29 is 231 Å². The fourth-order valence-corrected chi connectivity index (χ4v) is 5.35. The molecule has 80 heavy (non-hydrogen) atoms. The number of hydrogen-bond donors (Lipinski definition) is 0. The molecule has 0 rings (SSSR count). The number of rotatable bonds is 33. The molecule has 15 nitrogen and oxygen atoms in total. The SMILES string of the molecule is O=C(CC(C(=O)OC(COCC(F)(F)C(F)(F)F)COCC(F)(F)C(F)(F)F)C(C(=O)OC(COCC(F)(F)C(F)(F)F)COCC(F)(F)C(F)(F)F)S(=O)(=O)[O-])OC(COCC(F)(F)C(F)(F)F)COCC(F)(F)C(F)(F)F.[Na+]. The van der Waals surface area contributed by atoms with E-state index in [0.717, 1.165) is 0 Å². The van der Waals surface area contributed by atoms with Gasteiger partial charge in [-0.1, -0.05) is 0 Å². The first-order valence-corrected chi connectivity index (χ1v) is 21.0. The largest absolute Gasteiger partial charge is 1.00 e. The average Bonchev–Trinajstić information content (AvgIpc) is 3.19. The number of hydrogen-bond acceptors (Lipinski definition) is 15. The Hall–Kier alpha value is -3.02. The van der Waals surface area contributed by atoms with Crippen molar-refractivity contribution in [1.29, 1.82) is 0 Å². The summed E-state index contributed by atoms with van der Waals surface area (Å²) in [6.07, 6.45) is -51.7. The van der Waals surface area contributed by atoms with E-state index in [1.54, 1.807) is 0 Å². The third kappa shape index (κ3) is 25.5. The van der Waals surface area contributed by atoms with Crippen LogP contribution >= 0.6 is 0 Å². The maximum absolute atomic E-state index is 13.5. The summed E-state index contributed by atoms with van der Waals surface area (Å²) in [4.78, 5) is 40.0. The Labute approximate surface area is 446 Å². The summed E-state index contributed by atoms with van der Waals surface area (Å²) in [6.45, 7) is -31.1. The first-order valence-electron chi connectivity index (χ1n) is 19.5. The van der Waals surface area contributed by atoms with Crippen molar-refractivity contribution in [2.24, 2.45) is 5.92 Å². The monoisotopic (exact) mass is 1290 g/mol. The van der Waals surface area contributed by atoms with Crippen molar-refractivity contribution >= 4 is 28.0 Å². The molecule has 0 amide bonds. The van der Waals surface area contributed by atoms with Crippen LogP contribution in [0, 0.1) is 5.92 Å². The minimum Gasteiger partial charge on any atom is -0.747 e. The predicted octanol–water partition coefficient (Wildman–Crippen LogP) is 4.93. The standard InChI is InChI=1S/C33H32F30O15S.Na/c34-22(35,28(46,47)48)8-70-2-14(3-71-9-23(36,37)29(49,50)51)76-18(64)1-17(20(65)77-15(4-72-10-24(38,39)30(52,53)54)5-73-11-25(40,41)31(55,56)57)19(79(67,68)69)21(66)78-16(6-74-12-26(42,43)32(58,59)60)7-75-13-27(44,45)33(61,62)63;/h14-17,19H,1-13H2,(H,67,68,69);/q;+1/p-1. The van der Waals surface area contributed by atoms with Crippen LogP contribution in [0.3, 0.4) is 0 Å². The van der Waals surface area contributed by atoms with Gasteiger partial charge in [0, 0.05) is 0 Å². The van der Waals surface area contributed by atoms with E-state index in [2.05, 4.69) is 42.6 Å². The molecule has 0 saturated carbocycles. The van der Waals surface area contributed by atoms with E-state index in [9.17, 15) is 159 Å². The fourth-order valence-electron chi connectivity index (χ4n) is 4.44. The zero-order valence-corrected chi connectivity index (χ0v) is 41.3. The summed E-state index contributed by atoms with van der Waals surface area (Å²) in [5.41, 5.74) is 0. The van der Waals surface area contributed by atoms with E-state index in [0.29, 0.717) is 0 Å². The molecule has 470 valence electrons. The van der Waals surface area contributed by atoms with Crippen molar-refractivity contribution in [2.75, 3.05) is 79.3 Å². The van der Waals surface area contributed by atoms with Crippen molar-refractivity contribution in [3.63, 3.8) is 0 Å². The molecule has 0 aromatic rings. The van der Waals surface area contributed by atoms with E-state index >= 15 is 0 Å². The second-order valence-corrected chi connectivity index (χ2v) is 16.8. The van der Waals surface area contributed by atoms with Gasteiger partial charge >= 0.3 is 120 Å². The molecule has 0 aromatic carbocycles. The molecular weight excluding hydrogens is 1260 g/mol. The Morgan fingerprint density at radius 2 is 0.525 bits per heavy atom. The van der Waals surface area contributed by atoms with Gasteiger partial charge in [-0.3, -0.25) is 14.4 Å². The number of halogens is 30. The van der Waals surface area contributed by atoms with Crippen LogP contribution in [0.4, 0.5) is 132 Å². The third-order valence-electron chi connectivity index (χ3n) is 8.47. The van der Waals surface area contributed by atoms with Crippen LogP contribution in [0.5, 0.6) is 0 Å². The van der Waals surface area contributed by atoms with Gasteiger partial charge < -0.3 is 47.2 Å². The Morgan fingerprint density at radius 1 is 0.338 bits per heavy atom. The van der Waals surface area contributed by atoms with Gasteiger partial charge in [0.2, 0.25) is 0 Å². The second-order valence-electron chi connectivity index (χ2n) is 15.3. The number of alkyl halides is 30. The quantitative estimate of drug-likeness (QED) is 0.0282.